The minimum absolute atomic E-state index is 0.152. The Kier molecular flexibility index (Phi) is 5.25. The average molecular weight is 366 g/mol. The van der Waals surface area contributed by atoms with Crippen molar-refractivity contribution >= 4 is 17.3 Å². The topological polar surface area (TPSA) is 48.9 Å². The van der Waals surface area contributed by atoms with Crippen LogP contribution in [0, 0.1) is 6.92 Å². The van der Waals surface area contributed by atoms with Crippen LogP contribution in [0.1, 0.15) is 12.1 Å². The second kappa shape index (κ2) is 7.96. The highest BCUT2D eigenvalue weighted by molar-refractivity contribution is 5.96. The van der Waals surface area contributed by atoms with E-state index in [1.807, 2.05) is 42.3 Å². The van der Waals surface area contributed by atoms with Gasteiger partial charge in [-0.15, -0.1) is 0 Å². The monoisotopic (exact) mass is 366 g/mol. The summed E-state index contributed by atoms with van der Waals surface area (Å²) >= 11 is 0. The van der Waals surface area contributed by atoms with Crippen LogP contribution in [0.15, 0.2) is 42.6 Å². The average Bonchev–Trinajstić information content (AvgIpc) is 2.93. The van der Waals surface area contributed by atoms with Crippen LogP contribution in [0.3, 0.4) is 0 Å². The van der Waals surface area contributed by atoms with Crippen molar-refractivity contribution in [2.45, 2.75) is 13.3 Å². The third-order valence-electron chi connectivity index (χ3n) is 5.22. The van der Waals surface area contributed by atoms with Crippen molar-refractivity contribution < 1.29 is 9.53 Å². The third kappa shape index (κ3) is 4.06. The summed E-state index contributed by atoms with van der Waals surface area (Å²) in [5.41, 5.74) is 3.14. The zero-order valence-corrected chi connectivity index (χ0v) is 15.8. The number of pyridine rings is 1. The highest BCUT2D eigenvalue weighted by atomic mass is 16.5. The largest absolute Gasteiger partial charge is 0.490 e. The first-order valence-electron chi connectivity index (χ1n) is 9.63. The predicted molar refractivity (Wildman–Crippen MR) is 107 cm³/mol. The van der Waals surface area contributed by atoms with Gasteiger partial charge in [0, 0.05) is 43.8 Å². The summed E-state index contributed by atoms with van der Waals surface area (Å²) in [4.78, 5) is 23.8. The van der Waals surface area contributed by atoms with Crippen LogP contribution in [-0.4, -0.2) is 61.7 Å². The van der Waals surface area contributed by atoms with Gasteiger partial charge in [0.2, 0.25) is 5.91 Å². The smallest absolute Gasteiger partial charge is 0.241 e. The van der Waals surface area contributed by atoms with Crippen LogP contribution in [0.25, 0.3) is 0 Å². The number of benzene rings is 1. The van der Waals surface area contributed by atoms with E-state index in [2.05, 4.69) is 26.9 Å². The van der Waals surface area contributed by atoms with Crippen LogP contribution >= 0.6 is 0 Å². The Morgan fingerprint density at radius 2 is 2.00 bits per heavy atom. The molecule has 0 unspecified atom stereocenters. The van der Waals surface area contributed by atoms with Gasteiger partial charge >= 0.3 is 0 Å². The Hall–Kier alpha value is -2.60. The number of para-hydroxylation sites is 2. The summed E-state index contributed by atoms with van der Waals surface area (Å²) < 4.78 is 5.67. The number of aryl methyl sites for hydroxylation is 1. The molecule has 1 amide bonds. The number of hydrogen-bond acceptors (Lipinski definition) is 5. The van der Waals surface area contributed by atoms with Gasteiger partial charge in [-0.3, -0.25) is 14.7 Å². The van der Waals surface area contributed by atoms with Gasteiger partial charge in [-0.25, -0.2) is 0 Å². The molecule has 142 valence electrons. The molecule has 27 heavy (non-hydrogen) atoms. The molecule has 6 nitrogen and oxygen atoms in total. The number of fused-ring (bicyclic) bond motifs is 1. The highest BCUT2D eigenvalue weighted by Gasteiger charge is 2.25. The maximum Gasteiger partial charge on any atom is 0.241 e. The molecule has 0 N–H and O–H groups in total. The Morgan fingerprint density at radius 1 is 1.11 bits per heavy atom. The summed E-state index contributed by atoms with van der Waals surface area (Å²) in [6, 6.07) is 12.0. The normalized spacial score (nSPS) is 17.8. The van der Waals surface area contributed by atoms with E-state index in [-0.39, 0.29) is 5.91 Å². The van der Waals surface area contributed by atoms with Crippen molar-refractivity contribution in [2.24, 2.45) is 0 Å². The Morgan fingerprint density at radius 3 is 2.89 bits per heavy atom. The molecule has 2 aliphatic heterocycles. The molecule has 0 spiro atoms. The van der Waals surface area contributed by atoms with E-state index in [4.69, 9.17) is 4.74 Å². The molecule has 3 heterocycles. The SMILES string of the molecule is Cc1cc(N2CCCN(CC(=O)N3CCOc4ccccc43)CC2)ccn1. The minimum Gasteiger partial charge on any atom is -0.490 e. The van der Waals surface area contributed by atoms with Crippen molar-refractivity contribution in [2.75, 3.05) is 55.7 Å². The quantitative estimate of drug-likeness (QED) is 0.834. The molecule has 0 bridgehead atoms. The number of carbonyl (C=O) groups is 1. The molecule has 6 heteroatoms. The van der Waals surface area contributed by atoms with Crippen LogP contribution in [-0.2, 0) is 4.79 Å². The second-order valence-corrected chi connectivity index (χ2v) is 7.13. The van der Waals surface area contributed by atoms with Crippen LogP contribution in [0.2, 0.25) is 0 Å². The number of rotatable bonds is 3. The van der Waals surface area contributed by atoms with Gasteiger partial charge in [0.15, 0.2) is 0 Å². The lowest BCUT2D eigenvalue weighted by molar-refractivity contribution is -0.120. The first-order chi connectivity index (χ1) is 13.2. The summed E-state index contributed by atoms with van der Waals surface area (Å²) in [5, 5.41) is 0. The maximum absolute atomic E-state index is 12.9. The van der Waals surface area contributed by atoms with Gasteiger partial charge < -0.3 is 14.5 Å². The number of hydrogen-bond donors (Lipinski definition) is 0. The molecule has 0 radical (unpaired) electrons. The fourth-order valence-electron chi connectivity index (χ4n) is 3.82. The lowest BCUT2D eigenvalue weighted by Crippen LogP contribution is -2.45. The zero-order chi connectivity index (χ0) is 18.6. The molecule has 2 aromatic rings. The molecular formula is C21H26N4O2. The maximum atomic E-state index is 12.9. The first-order valence-corrected chi connectivity index (χ1v) is 9.63. The van der Waals surface area contributed by atoms with E-state index < -0.39 is 0 Å². The molecule has 1 saturated heterocycles. The number of anilines is 2. The van der Waals surface area contributed by atoms with Crippen LogP contribution in [0.4, 0.5) is 11.4 Å². The van der Waals surface area contributed by atoms with Gasteiger partial charge in [0.25, 0.3) is 0 Å². The standard InChI is InChI=1S/C21H26N4O2/c1-17-15-18(7-8-22-17)24-10-4-9-23(11-12-24)16-21(26)25-13-14-27-20-6-3-2-5-19(20)25/h2-3,5-8,15H,4,9-14,16H2,1H3. The van der Waals surface area contributed by atoms with E-state index in [9.17, 15) is 4.79 Å². The lowest BCUT2D eigenvalue weighted by Gasteiger charge is -2.31. The first kappa shape index (κ1) is 17.8. The number of aromatic nitrogens is 1. The van der Waals surface area contributed by atoms with E-state index in [1.54, 1.807) is 0 Å². The number of nitrogens with zero attached hydrogens (tertiary/aromatic N) is 4. The van der Waals surface area contributed by atoms with Gasteiger partial charge in [0.05, 0.1) is 18.8 Å². The van der Waals surface area contributed by atoms with Crippen molar-refractivity contribution in [1.82, 2.24) is 9.88 Å². The van der Waals surface area contributed by atoms with E-state index in [0.29, 0.717) is 19.7 Å². The minimum atomic E-state index is 0.152. The molecular weight excluding hydrogens is 340 g/mol. The van der Waals surface area contributed by atoms with E-state index >= 15 is 0 Å². The Bertz CT molecular complexity index is 810. The molecule has 0 saturated carbocycles. The number of ether oxygens (including phenoxy) is 1. The van der Waals surface area contributed by atoms with Crippen molar-refractivity contribution in [3.63, 3.8) is 0 Å². The number of carbonyl (C=O) groups excluding carboxylic acids is 1. The van der Waals surface area contributed by atoms with Gasteiger partial charge in [-0.05, 0) is 37.6 Å². The lowest BCUT2D eigenvalue weighted by atomic mass is 10.2. The fourth-order valence-corrected chi connectivity index (χ4v) is 3.82. The highest BCUT2D eigenvalue weighted by Crippen LogP contribution is 2.31. The molecule has 1 aromatic heterocycles. The van der Waals surface area contributed by atoms with Gasteiger partial charge in [0.1, 0.15) is 12.4 Å². The predicted octanol–water partition coefficient (Wildman–Crippen LogP) is 2.33. The summed E-state index contributed by atoms with van der Waals surface area (Å²) in [6.45, 7) is 7.41. The van der Waals surface area contributed by atoms with Crippen LogP contribution < -0.4 is 14.5 Å². The Labute approximate surface area is 160 Å². The third-order valence-corrected chi connectivity index (χ3v) is 5.22. The summed E-state index contributed by atoms with van der Waals surface area (Å²) in [6.07, 6.45) is 2.92. The molecule has 2 aliphatic rings. The summed E-state index contributed by atoms with van der Waals surface area (Å²) in [5.74, 6) is 0.950. The van der Waals surface area contributed by atoms with Gasteiger partial charge in [-0.1, -0.05) is 12.1 Å². The molecule has 1 fully saturated rings. The van der Waals surface area contributed by atoms with Crippen LogP contribution in [0.5, 0.6) is 5.75 Å². The zero-order valence-electron chi connectivity index (χ0n) is 15.8. The van der Waals surface area contributed by atoms with Crippen molar-refractivity contribution in [1.29, 1.82) is 0 Å². The fraction of sp³-hybridized carbons (Fsp3) is 0.429. The molecule has 4 rings (SSSR count). The van der Waals surface area contributed by atoms with Crippen molar-refractivity contribution in [3.05, 3.63) is 48.3 Å². The second-order valence-electron chi connectivity index (χ2n) is 7.13. The Balaban J connectivity index is 1.39. The van der Waals surface area contributed by atoms with E-state index in [1.165, 1.54) is 5.69 Å². The molecule has 1 aromatic carbocycles. The molecule has 0 atom stereocenters. The summed E-state index contributed by atoms with van der Waals surface area (Å²) in [7, 11) is 0. The van der Waals surface area contributed by atoms with E-state index in [0.717, 1.165) is 49.7 Å². The van der Waals surface area contributed by atoms with Gasteiger partial charge in [-0.2, -0.15) is 0 Å². The number of amides is 1. The molecule has 0 aliphatic carbocycles. The van der Waals surface area contributed by atoms with Crippen molar-refractivity contribution in [3.8, 4) is 5.75 Å².